The Morgan fingerprint density at radius 3 is 3.00 bits per heavy atom. The highest BCUT2D eigenvalue weighted by Gasteiger charge is 2.07. The molecule has 1 saturated heterocycles. The molecule has 0 saturated carbocycles. The van der Waals surface area contributed by atoms with Gasteiger partial charge in [0, 0.05) is 5.88 Å². The molecular weight excluding hydrogens is 130 g/mol. The maximum absolute atomic E-state index is 2.54. The molecule has 0 aromatic heterocycles. The van der Waals surface area contributed by atoms with E-state index in [1.165, 1.54) is 37.6 Å². The van der Waals surface area contributed by atoms with Crippen molar-refractivity contribution in [3.8, 4) is 0 Å². The Labute approximate surface area is 61.8 Å². The lowest BCUT2D eigenvalue weighted by Gasteiger charge is -2.25. The van der Waals surface area contributed by atoms with Gasteiger partial charge >= 0.3 is 0 Å². The highest BCUT2D eigenvalue weighted by atomic mass is 32.2. The molecule has 0 amide bonds. The van der Waals surface area contributed by atoms with E-state index in [4.69, 9.17) is 0 Å². The zero-order valence-corrected chi connectivity index (χ0v) is 6.91. The zero-order chi connectivity index (χ0) is 6.53. The van der Waals surface area contributed by atoms with Crippen molar-refractivity contribution in [2.75, 3.05) is 24.7 Å². The van der Waals surface area contributed by atoms with Crippen molar-refractivity contribution >= 4 is 11.8 Å². The second kappa shape index (κ2) is 4.18. The highest BCUT2D eigenvalue weighted by molar-refractivity contribution is 7.99. The fourth-order valence-electron chi connectivity index (χ4n) is 1.14. The molecule has 0 aromatic carbocycles. The monoisotopic (exact) mass is 145 g/mol. The van der Waals surface area contributed by atoms with Crippen molar-refractivity contribution in [3.63, 3.8) is 0 Å². The first-order valence-electron chi connectivity index (χ1n) is 3.73. The molecule has 9 heavy (non-hydrogen) atoms. The Morgan fingerprint density at radius 2 is 2.44 bits per heavy atom. The third kappa shape index (κ3) is 2.59. The lowest BCUT2D eigenvalue weighted by Crippen LogP contribution is -2.29. The molecule has 1 aliphatic heterocycles. The van der Waals surface area contributed by atoms with Gasteiger partial charge in [0.2, 0.25) is 0 Å². The summed E-state index contributed by atoms with van der Waals surface area (Å²) in [6.07, 6.45) is 2.70. The Balaban J connectivity index is 2.08. The predicted octanol–water partition coefficient (Wildman–Crippen LogP) is 1.79. The molecule has 0 radical (unpaired) electrons. The Kier molecular flexibility index (Phi) is 3.44. The maximum Gasteiger partial charge on any atom is 0.0444 e. The minimum absolute atomic E-state index is 1.27. The van der Waals surface area contributed by atoms with Gasteiger partial charge in [-0.15, -0.1) is 11.8 Å². The molecule has 54 valence electrons. The van der Waals surface area contributed by atoms with E-state index < -0.39 is 0 Å². The minimum Gasteiger partial charge on any atom is -0.294 e. The van der Waals surface area contributed by atoms with Crippen LogP contribution in [0.5, 0.6) is 0 Å². The number of rotatable bonds is 2. The summed E-state index contributed by atoms with van der Waals surface area (Å²) in [6, 6.07) is 0. The molecule has 0 spiro atoms. The molecule has 0 N–H and O–H groups in total. The van der Waals surface area contributed by atoms with E-state index >= 15 is 0 Å². The number of hydrogen-bond acceptors (Lipinski definition) is 2. The lowest BCUT2D eigenvalue weighted by molar-refractivity contribution is 0.315. The highest BCUT2D eigenvalue weighted by Crippen LogP contribution is 2.12. The van der Waals surface area contributed by atoms with E-state index in [-0.39, 0.29) is 0 Å². The molecule has 1 heterocycles. The van der Waals surface area contributed by atoms with Crippen molar-refractivity contribution in [2.45, 2.75) is 19.8 Å². The van der Waals surface area contributed by atoms with Crippen LogP contribution in [0.2, 0.25) is 0 Å². The van der Waals surface area contributed by atoms with Crippen LogP contribution >= 0.6 is 11.8 Å². The summed E-state index contributed by atoms with van der Waals surface area (Å²) in [4.78, 5) is 2.54. The topological polar surface area (TPSA) is 3.24 Å². The van der Waals surface area contributed by atoms with E-state index in [0.29, 0.717) is 0 Å². The first-order valence-corrected chi connectivity index (χ1v) is 4.89. The van der Waals surface area contributed by atoms with Gasteiger partial charge in [0.25, 0.3) is 0 Å². The smallest absolute Gasteiger partial charge is 0.0444 e. The van der Waals surface area contributed by atoms with Crippen molar-refractivity contribution in [1.29, 1.82) is 0 Å². The molecule has 0 unspecified atom stereocenters. The Hall–Kier alpha value is 0.310. The first kappa shape index (κ1) is 7.42. The molecule has 1 aliphatic rings. The molecule has 2 heteroatoms. The van der Waals surface area contributed by atoms with Crippen LogP contribution in [-0.2, 0) is 0 Å². The molecule has 0 aliphatic carbocycles. The second-order valence-electron chi connectivity index (χ2n) is 2.51. The van der Waals surface area contributed by atoms with Crippen LogP contribution in [0.15, 0.2) is 0 Å². The van der Waals surface area contributed by atoms with E-state index in [1.54, 1.807) is 0 Å². The van der Waals surface area contributed by atoms with Gasteiger partial charge in [-0.25, -0.2) is 0 Å². The van der Waals surface area contributed by atoms with Crippen molar-refractivity contribution in [1.82, 2.24) is 4.90 Å². The predicted molar refractivity (Wildman–Crippen MR) is 43.8 cm³/mol. The Morgan fingerprint density at radius 1 is 1.56 bits per heavy atom. The standard InChI is InChI=1S/C7H15NS/c1-2-4-8-5-3-6-9-7-8/h2-7H2,1H3. The summed E-state index contributed by atoms with van der Waals surface area (Å²) in [5, 5.41) is 0. The quantitative estimate of drug-likeness (QED) is 0.583. The lowest BCUT2D eigenvalue weighted by atomic mass is 10.4. The summed E-state index contributed by atoms with van der Waals surface area (Å²) in [5.74, 6) is 2.65. The van der Waals surface area contributed by atoms with Crippen molar-refractivity contribution in [3.05, 3.63) is 0 Å². The van der Waals surface area contributed by atoms with Gasteiger partial charge in [-0.05, 0) is 31.7 Å². The van der Waals surface area contributed by atoms with Crippen LogP contribution < -0.4 is 0 Å². The van der Waals surface area contributed by atoms with Gasteiger partial charge in [0.1, 0.15) is 0 Å². The minimum atomic E-state index is 1.27. The van der Waals surface area contributed by atoms with E-state index in [1.807, 2.05) is 0 Å². The van der Waals surface area contributed by atoms with Gasteiger partial charge in [0.05, 0.1) is 0 Å². The van der Waals surface area contributed by atoms with Crippen LogP contribution in [0, 0.1) is 0 Å². The molecule has 1 fully saturated rings. The maximum atomic E-state index is 2.54. The molecule has 0 bridgehead atoms. The largest absolute Gasteiger partial charge is 0.294 e. The average molecular weight is 145 g/mol. The van der Waals surface area contributed by atoms with Gasteiger partial charge in [-0.1, -0.05) is 6.92 Å². The van der Waals surface area contributed by atoms with Crippen LogP contribution in [0.4, 0.5) is 0 Å². The summed E-state index contributed by atoms with van der Waals surface area (Å²) in [6.45, 7) is 4.88. The van der Waals surface area contributed by atoms with E-state index in [0.717, 1.165) is 0 Å². The number of hydrogen-bond donors (Lipinski definition) is 0. The van der Waals surface area contributed by atoms with E-state index in [2.05, 4.69) is 23.6 Å². The Bertz CT molecular complexity index is 66.6. The fraction of sp³-hybridized carbons (Fsp3) is 1.00. The molecule has 1 nitrogen and oxygen atoms in total. The van der Waals surface area contributed by atoms with Gasteiger partial charge in [0.15, 0.2) is 0 Å². The summed E-state index contributed by atoms with van der Waals surface area (Å²) >= 11 is 2.07. The van der Waals surface area contributed by atoms with Crippen LogP contribution in [0.3, 0.4) is 0 Å². The van der Waals surface area contributed by atoms with Crippen molar-refractivity contribution < 1.29 is 0 Å². The second-order valence-corrected chi connectivity index (χ2v) is 3.58. The van der Waals surface area contributed by atoms with Crippen LogP contribution in [0.25, 0.3) is 0 Å². The average Bonchev–Trinajstić information content (AvgIpc) is 1.91. The van der Waals surface area contributed by atoms with Crippen LogP contribution in [-0.4, -0.2) is 29.6 Å². The van der Waals surface area contributed by atoms with Gasteiger partial charge in [-0.2, -0.15) is 0 Å². The van der Waals surface area contributed by atoms with Crippen LogP contribution in [0.1, 0.15) is 19.8 Å². The summed E-state index contributed by atoms with van der Waals surface area (Å²) < 4.78 is 0. The summed E-state index contributed by atoms with van der Waals surface area (Å²) in [7, 11) is 0. The summed E-state index contributed by atoms with van der Waals surface area (Å²) in [5.41, 5.74) is 0. The third-order valence-corrected chi connectivity index (χ3v) is 2.70. The SMILES string of the molecule is CCCN1CCCSC1. The zero-order valence-electron chi connectivity index (χ0n) is 6.10. The van der Waals surface area contributed by atoms with Gasteiger partial charge < -0.3 is 0 Å². The molecular formula is C7H15NS. The van der Waals surface area contributed by atoms with Gasteiger partial charge in [-0.3, -0.25) is 4.90 Å². The molecule has 1 rings (SSSR count). The molecule has 0 aromatic rings. The van der Waals surface area contributed by atoms with E-state index in [9.17, 15) is 0 Å². The normalized spacial score (nSPS) is 22.3. The number of thioether (sulfide) groups is 1. The van der Waals surface area contributed by atoms with Crippen molar-refractivity contribution in [2.24, 2.45) is 0 Å². The first-order chi connectivity index (χ1) is 4.43. The third-order valence-electron chi connectivity index (χ3n) is 1.58. The molecule has 0 atom stereocenters. The fourth-order valence-corrected chi connectivity index (χ4v) is 2.12. The number of nitrogens with zero attached hydrogens (tertiary/aromatic N) is 1.